The van der Waals surface area contributed by atoms with Crippen molar-refractivity contribution in [3.05, 3.63) is 80.5 Å². The van der Waals surface area contributed by atoms with E-state index in [9.17, 15) is 19.5 Å². The Morgan fingerprint density at radius 1 is 1.02 bits per heavy atom. The molecular formula is C31H34N4O5. The number of fused-ring (bicyclic) bond motifs is 1. The minimum Gasteiger partial charge on any atom is -0.480 e. The highest BCUT2D eigenvalue weighted by molar-refractivity contribution is 5.86. The molecule has 0 aliphatic carbocycles. The van der Waals surface area contributed by atoms with E-state index in [2.05, 4.69) is 30.2 Å². The topological polar surface area (TPSA) is 122 Å². The van der Waals surface area contributed by atoms with Crippen molar-refractivity contribution in [2.24, 2.45) is 5.92 Å². The summed E-state index contributed by atoms with van der Waals surface area (Å²) in [6.45, 7) is 5.67. The van der Waals surface area contributed by atoms with Crippen molar-refractivity contribution in [2.45, 2.75) is 58.4 Å². The number of carbonyl (C=O) groups is 1. The van der Waals surface area contributed by atoms with E-state index in [1.165, 1.54) is 0 Å². The third kappa shape index (κ3) is 5.98. The molecule has 1 aliphatic rings. The van der Waals surface area contributed by atoms with Crippen molar-refractivity contribution < 1.29 is 14.6 Å². The molecule has 0 saturated carbocycles. The standard InChI is InChI=1S/C31H34N4O5/c1-19(2)15-22-17-21-11-12-32-18-24(21)30(33-22)40-23-9-7-20(8-10-23)16-25(31(38)39)34-26-27(29(37)28(26)36)35-13-5-3-4-6-14-35/h7-12,17-19,25,34H,3-6,13-16H2,1-2H3,(H,38,39). The second kappa shape index (κ2) is 11.9. The highest BCUT2D eigenvalue weighted by Crippen LogP contribution is 2.30. The molecule has 40 heavy (non-hydrogen) atoms. The quantitative estimate of drug-likeness (QED) is 0.275. The van der Waals surface area contributed by atoms with Gasteiger partial charge in [0.25, 0.3) is 10.9 Å². The molecule has 1 unspecified atom stereocenters. The summed E-state index contributed by atoms with van der Waals surface area (Å²) in [5, 5.41) is 14.6. The maximum Gasteiger partial charge on any atom is 0.326 e. The molecule has 0 amide bonds. The zero-order valence-electron chi connectivity index (χ0n) is 22.9. The van der Waals surface area contributed by atoms with E-state index in [0.29, 0.717) is 36.3 Å². The first kappa shape index (κ1) is 27.3. The van der Waals surface area contributed by atoms with Gasteiger partial charge in [0, 0.05) is 37.6 Å². The Kier molecular flexibility index (Phi) is 8.09. The molecule has 208 valence electrons. The number of carboxylic acids is 1. The van der Waals surface area contributed by atoms with Gasteiger partial charge in [0.05, 0.1) is 5.39 Å². The van der Waals surface area contributed by atoms with Gasteiger partial charge in [0.2, 0.25) is 5.88 Å². The molecule has 2 aromatic heterocycles. The number of anilines is 2. The summed E-state index contributed by atoms with van der Waals surface area (Å²) < 4.78 is 6.15. The summed E-state index contributed by atoms with van der Waals surface area (Å²) in [6, 6.07) is 10.1. The summed E-state index contributed by atoms with van der Waals surface area (Å²) >= 11 is 0. The van der Waals surface area contributed by atoms with E-state index >= 15 is 0 Å². The van der Waals surface area contributed by atoms with Gasteiger partial charge in [0.15, 0.2) is 0 Å². The van der Waals surface area contributed by atoms with Crippen molar-refractivity contribution in [2.75, 3.05) is 23.3 Å². The number of nitrogens with one attached hydrogen (secondary N) is 1. The van der Waals surface area contributed by atoms with Crippen LogP contribution in [-0.2, 0) is 17.6 Å². The second-order valence-electron chi connectivity index (χ2n) is 10.9. The molecule has 1 atom stereocenters. The molecule has 0 bridgehead atoms. The van der Waals surface area contributed by atoms with E-state index in [4.69, 9.17) is 9.72 Å². The Morgan fingerprint density at radius 3 is 2.42 bits per heavy atom. The summed E-state index contributed by atoms with van der Waals surface area (Å²) in [5.41, 5.74) is 0.943. The molecule has 9 heteroatoms. The van der Waals surface area contributed by atoms with E-state index < -0.39 is 22.9 Å². The number of ether oxygens (including phenoxy) is 1. The van der Waals surface area contributed by atoms with Gasteiger partial charge in [-0.2, -0.15) is 0 Å². The van der Waals surface area contributed by atoms with Gasteiger partial charge in [0.1, 0.15) is 23.2 Å². The van der Waals surface area contributed by atoms with Gasteiger partial charge in [-0.15, -0.1) is 0 Å². The van der Waals surface area contributed by atoms with Gasteiger partial charge in [-0.3, -0.25) is 14.6 Å². The van der Waals surface area contributed by atoms with Crippen LogP contribution in [0.4, 0.5) is 11.4 Å². The Balaban J connectivity index is 1.32. The highest BCUT2D eigenvalue weighted by atomic mass is 16.5. The molecule has 1 fully saturated rings. The summed E-state index contributed by atoms with van der Waals surface area (Å²) in [7, 11) is 0. The van der Waals surface area contributed by atoms with Crippen LogP contribution in [0.1, 0.15) is 50.8 Å². The van der Waals surface area contributed by atoms with Crippen LogP contribution in [0.3, 0.4) is 0 Å². The SMILES string of the molecule is CC(C)Cc1cc2ccncc2c(Oc2ccc(CC(Nc3c(N4CCCCCC4)c(=O)c3=O)C(=O)O)cc2)n1. The van der Waals surface area contributed by atoms with Crippen LogP contribution in [0.2, 0.25) is 0 Å². The Labute approximate surface area is 232 Å². The van der Waals surface area contributed by atoms with Gasteiger partial charge < -0.3 is 20.1 Å². The van der Waals surface area contributed by atoms with Gasteiger partial charge in [-0.25, -0.2) is 9.78 Å². The fraction of sp³-hybridized carbons (Fsp3) is 0.387. The fourth-order valence-corrected chi connectivity index (χ4v) is 5.24. The molecular weight excluding hydrogens is 508 g/mol. The maximum absolute atomic E-state index is 12.4. The molecule has 1 saturated heterocycles. The van der Waals surface area contributed by atoms with Crippen LogP contribution >= 0.6 is 0 Å². The Bertz CT molecular complexity index is 1570. The number of benzene rings is 1. The lowest BCUT2D eigenvalue weighted by atomic mass is 10.0. The van der Waals surface area contributed by atoms with Gasteiger partial charge in [-0.1, -0.05) is 38.8 Å². The number of aromatic nitrogens is 2. The second-order valence-corrected chi connectivity index (χ2v) is 10.9. The van der Waals surface area contributed by atoms with Crippen molar-refractivity contribution in [3.63, 3.8) is 0 Å². The molecule has 0 spiro atoms. The maximum atomic E-state index is 12.4. The molecule has 1 aliphatic heterocycles. The highest BCUT2D eigenvalue weighted by Gasteiger charge is 2.30. The van der Waals surface area contributed by atoms with Crippen LogP contribution in [0.25, 0.3) is 10.8 Å². The summed E-state index contributed by atoms with van der Waals surface area (Å²) in [6.07, 6.45) is 8.47. The first-order valence-electron chi connectivity index (χ1n) is 13.9. The first-order valence-corrected chi connectivity index (χ1v) is 13.9. The lowest BCUT2D eigenvalue weighted by Crippen LogP contribution is -2.46. The third-order valence-electron chi connectivity index (χ3n) is 7.27. The summed E-state index contributed by atoms with van der Waals surface area (Å²) in [4.78, 5) is 47.7. The normalized spacial score (nSPS) is 14.8. The molecule has 0 radical (unpaired) electrons. The molecule has 4 aromatic rings. The largest absolute Gasteiger partial charge is 0.480 e. The monoisotopic (exact) mass is 542 g/mol. The van der Waals surface area contributed by atoms with Crippen molar-refractivity contribution >= 4 is 28.1 Å². The molecule has 9 nitrogen and oxygen atoms in total. The van der Waals surface area contributed by atoms with Crippen LogP contribution in [0.5, 0.6) is 11.6 Å². The lowest BCUT2D eigenvalue weighted by molar-refractivity contribution is -0.137. The van der Waals surface area contributed by atoms with Gasteiger partial charge in [-0.05, 0) is 60.4 Å². The molecule has 3 heterocycles. The molecule has 2 N–H and O–H groups in total. The predicted molar refractivity (Wildman–Crippen MR) is 155 cm³/mol. The van der Waals surface area contributed by atoms with E-state index in [1.54, 1.807) is 36.7 Å². The van der Waals surface area contributed by atoms with E-state index in [1.807, 2.05) is 11.0 Å². The number of rotatable bonds is 10. The molecule has 5 rings (SSSR count). The van der Waals surface area contributed by atoms with Crippen LogP contribution in [0.15, 0.2) is 58.4 Å². The number of nitrogens with zero attached hydrogens (tertiary/aromatic N) is 3. The zero-order chi connectivity index (χ0) is 28.2. The Morgan fingerprint density at radius 2 is 1.75 bits per heavy atom. The van der Waals surface area contributed by atoms with Crippen molar-refractivity contribution in [1.29, 1.82) is 0 Å². The minimum atomic E-state index is -1.10. The van der Waals surface area contributed by atoms with Gasteiger partial charge >= 0.3 is 5.97 Å². The zero-order valence-corrected chi connectivity index (χ0v) is 22.9. The van der Waals surface area contributed by atoms with E-state index in [-0.39, 0.29) is 12.1 Å². The summed E-state index contributed by atoms with van der Waals surface area (Å²) in [5.74, 6) is 0.383. The third-order valence-corrected chi connectivity index (χ3v) is 7.27. The van der Waals surface area contributed by atoms with Crippen LogP contribution < -0.4 is 25.8 Å². The minimum absolute atomic E-state index is 0.118. The average molecular weight is 543 g/mol. The lowest BCUT2D eigenvalue weighted by Gasteiger charge is -2.27. The number of hydrogen-bond acceptors (Lipinski definition) is 8. The smallest absolute Gasteiger partial charge is 0.326 e. The average Bonchev–Trinajstić information content (AvgIpc) is 3.21. The number of carboxylic acid groups (broad SMARTS) is 1. The van der Waals surface area contributed by atoms with E-state index in [0.717, 1.165) is 54.1 Å². The Hall–Kier alpha value is -4.27. The van der Waals surface area contributed by atoms with Crippen LogP contribution in [0, 0.1) is 5.92 Å². The number of aliphatic carboxylic acids is 1. The van der Waals surface area contributed by atoms with Crippen molar-refractivity contribution in [3.8, 4) is 11.6 Å². The van der Waals surface area contributed by atoms with Crippen LogP contribution in [-0.4, -0.2) is 40.2 Å². The van der Waals surface area contributed by atoms with Crippen molar-refractivity contribution in [1.82, 2.24) is 9.97 Å². The molecule has 2 aromatic carbocycles. The number of pyridine rings is 2. The predicted octanol–water partition coefficient (Wildman–Crippen LogP) is 4.70. The number of hydrogen-bond donors (Lipinski definition) is 2. The first-order chi connectivity index (χ1) is 19.3. The fourth-order valence-electron chi connectivity index (χ4n) is 5.24.